The third-order valence-electron chi connectivity index (χ3n) is 5.54. The molecule has 0 spiro atoms. The van der Waals surface area contributed by atoms with Gasteiger partial charge in [-0.15, -0.1) is 13.1 Å². The van der Waals surface area contributed by atoms with Crippen LogP contribution in [-0.2, 0) is 18.8 Å². The summed E-state index contributed by atoms with van der Waals surface area (Å²) in [4.78, 5) is 6.78. The van der Waals surface area contributed by atoms with E-state index in [1.807, 2.05) is 30.9 Å². The van der Waals surface area contributed by atoms with E-state index < -0.39 is 0 Å². The minimum absolute atomic E-state index is 0.0833. The molecule has 6 nitrogen and oxygen atoms in total. The zero-order chi connectivity index (χ0) is 23.7. The summed E-state index contributed by atoms with van der Waals surface area (Å²) in [6, 6.07) is 16.8. The van der Waals surface area contributed by atoms with Crippen molar-refractivity contribution in [1.82, 2.24) is 9.88 Å². The maximum absolute atomic E-state index is 9.68. The van der Waals surface area contributed by atoms with E-state index in [0.717, 1.165) is 47.0 Å². The van der Waals surface area contributed by atoms with E-state index in [1.165, 1.54) is 0 Å². The van der Waals surface area contributed by atoms with Crippen LogP contribution in [0.15, 0.2) is 48.5 Å². The van der Waals surface area contributed by atoms with E-state index in [-0.39, 0.29) is 5.41 Å². The number of halogens is 1. The van der Waals surface area contributed by atoms with E-state index >= 15 is 0 Å². The van der Waals surface area contributed by atoms with Crippen LogP contribution in [0.4, 0.5) is 5.69 Å². The summed E-state index contributed by atoms with van der Waals surface area (Å²) in [6.45, 7) is 8.03. The van der Waals surface area contributed by atoms with Gasteiger partial charge < -0.3 is 27.1 Å². The number of pyridine rings is 1. The van der Waals surface area contributed by atoms with Gasteiger partial charge in [0, 0.05) is 16.8 Å². The van der Waals surface area contributed by atoms with Crippen molar-refractivity contribution in [3.8, 4) is 0 Å². The number of hydrogen-bond acceptors (Lipinski definition) is 2. The van der Waals surface area contributed by atoms with Crippen LogP contribution < -0.4 is 5.32 Å². The second-order valence-electron chi connectivity index (χ2n) is 8.66. The monoisotopic (exact) mass is 633 g/mol. The number of anilines is 1. The molecule has 0 aliphatic carbocycles. The van der Waals surface area contributed by atoms with Crippen molar-refractivity contribution in [2.45, 2.75) is 33.2 Å². The van der Waals surface area contributed by atoms with Crippen LogP contribution in [0.25, 0.3) is 38.7 Å². The molecule has 32 heavy (non-hydrogen) atoms. The van der Waals surface area contributed by atoms with Crippen LogP contribution in [0.1, 0.15) is 27.2 Å². The molecule has 3 aromatic rings. The number of likely N-dealkylation sites (tertiary alicyclic amines) is 1. The molecule has 1 aliphatic heterocycles. The Bertz CT molecular complexity index is 966. The molecular formula is C24H31ClN6Pt-3. The molecule has 1 aromatic heterocycles. The van der Waals surface area contributed by atoms with Crippen molar-refractivity contribution in [2.75, 3.05) is 31.5 Å². The van der Waals surface area contributed by atoms with Crippen LogP contribution in [-0.4, -0.2) is 47.9 Å². The molecule has 0 amide bonds. The van der Waals surface area contributed by atoms with Crippen molar-refractivity contribution in [2.24, 2.45) is 5.41 Å². The van der Waals surface area contributed by atoms with E-state index in [1.54, 1.807) is 25.7 Å². The van der Waals surface area contributed by atoms with Crippen LogP contribution in [0.5, 0.6) is 0 Å². The van der Waals surface area contributed by atoms with Gasteiger partial charge in [-0.3, -0.25) is 0 Å². The molecule has 1 atom stereocenters. The molecule has 0 unspecified atom stereocenters. The first kappa shape index (κ1) is 26.5. The number of para-hydroxylation sites is 2. The van der Waals surface area contributed by atoms with Gasteiger partial charge in [0.15, 0.2) is 0 Å². The summed E-state index contributed by atoms with van der Waals surface area (Å²) in [7, 11) is 4.61. The van der Waals surface area contributed by atoms with Crippen molar-refractivity contribution < 1.29 is 18.8 Å². The Balaban J connectivity index is 0.000000348. The van der Waals surface area contributed by atoms with E-state index in [0.29, 0.717) is 25.0 Å². The van der Waals surface area contributed by atoms with E-state index in [2.05, 4.69) is 51.1 Å². The number of benzene rings is 2. The number of aromatic nitrogens is 1. The van der Waals surface area contributed by atoms with Gasteiger partial charge in [-0.2, -0.15) is 0 Å². The second kappa shape index (κ2) is 12.5. The summed E-state index contributed by atoms with van der Waals surface area (Å²) in [5.41, 5.74) is 16.9. The number of amidine groups is 1. The first-order valence-electron chi connectivity index (χ1n) is 10.6. The Kier molecular flexibility index (Phi) is 10.4. The van der Waals surface area contributed by atoms with Gasteiger partial charge in [0.25, 0.3) is 0 Å². The molecule has 0 bridgehead atoms. The molecule has 2 heterocycles. The third kappa shape index (κ3) is 6.89. The van der Waals surface area contributed by atoms with Gasteiger partial charge in [-0.25, -0.2) is 4.98 Å². The van der Waals surface area contributed by atoms with Crippen molar-refractivity contribution in [3.63, 3.8) is 0 Å². The first-order chi connectivity index (χ1) is 15.3. The fourth-order valence-electron chi connectivity index (χ4n) is 3.43. The van der Waals surface area contributed by atoms with Gasteiger partial charge in [0.05, 0.1) is 16.7 Å². The third-order valence-corrected chi connectivity index (χ3v) is 5.54. The Morgan fingerprint density at radius 3 is 2.00 bits per heavy atom. The van der Waals surface area contributed by atoms with Crippen molar-refractivity contribution in [3.05, 3.63) is 65.4 Å². The topological polar surface area (TPSA) is 98.1 Å². The van der Waals surface area contributed by atoms with Crippen LogP contribution in [0.3, 0.4) is 0 Å². The van der Waals surface area contributed by atoms with Crippen LogP contribution in [0.2, 0.25) is 0 Å². The molecule has 1 aliphatic rings. The number of hydrogen-bond donors (Lipinski definition) is 1. The summed E-state index contributed by atoms with van der Waals surface area (Å²) >= 11 is 1.61. The number of nitrogens with one attached hydrogen (secondary N) is 3. The molecule has 4 rings (SSSR count). The molecule has 3 N–H and O–H groups in total. The number of rotatable bonds is 4. The standard InChI is InChI=1S/C19H19N4.C5H12N2.ClH.Pt/c1-13(20)23-11-10-14(12-23)21-19-15-6-2-4-8-17(15)22-18-9-5-3-7-16(18)19;1-5(2,3-6)4-7;;/h2-9,14H,10-12H2,1H3,(H,21,22);6-7H,3-4H2,1-2H3;1H;/q-1;-2;;+1/p-1/t14-;;;/m1.../s1. The predicted molar refractivity (Wildman–Crippen MR) is 135 cm³/mol. The Morgan fingerprint density at radius 2 is 1.59 bits per heavy atom. The average molecular weight is 634 g/mol. The quantitative estimate of drug-likeness (QED) is 0.197. The fourth-order valence-corrected chi connectivity index (χ4v) is 3.43. The van der Waals surface area contributed by atoms with Crippen molar-refractivity contribution >= 4 is 42.7 Å². The van der Waals surface area contributed by atoms with Gasteiger partial charge in [-0.05, 0) is 38.6 Å². The van der Waals surface area contributed by atoms with Gasteiger partial charge in [0.1, 0.15) is 0 Å². The average Bonchev–Trinajstić information content (AvgIpc) is 3.30. The molecule has 1 saturated heterocycles. The minimum atomic E-state index is -0.0833. The second-order valence-corrected chi connectivity index (χ2v) is 8.66. The van der Waals surface area contributed by atoms with Gasteiger partial charge in [0.2, 0.25) is 0 Å². The zero-order valence-corrected chi connectivity index (χ0v) is 21.8. The molecular weight excluding hydrogens is 603 g/mol. The normalized spacial score (nSPS) is 15.6. The molecule has 0 saturated carbocycles. The van der Waals surface area contributed by atoms with Crippen LogP contribution >= 0.6 is 9.42 Å². The molecule has 2 aromatic carbocycles. The SMILES string of the molecule is CC(=[N-])N1CC[C@@H](Nc2c3ccccc3nc3ccccc23)C1.CC(C)(C[NH-])C[NH-].[Cl][Pt]. The van der Waals surface area contributed by atoms with Gasteiger partial charge >= 0.3 is 28.2 Å². The molecule has 8 heteroatoms. The Labute approximate surface area is 206 Å². The predicted octanol–water partition coefficient (Wildman–Crippen LogP) is 6.67. The molecule has 0 radical (unpaired) electrons. The summed E-state index contributed by atoms with van der Waals surface area (Å²) in [5, 5.41) is 15.7. The van der Waals surface area contributed by atoms with Gasteiger partial charge in [-0.1, -0.05) is 61.5 Å². The Hall–Kier alpha value is -1.72. The van der Waals surface area contributed by atoms with E-state index in [9.17, 15) is 5.41 Å². The van der Waals surface area contributed by atoms with Crippen LogP contribution in [0, 0.1) is 5.41 Å². The van der Waals surface area contributed by atoms with Crippen molar-refractivity contribution in [1.29, 1.82) is 0 Å². The first-order valence-corrected chi connectivity index (χ1v) is 13.4. The number of fused-ring (bicyclic) bond motifs is 2. The Morgan fingerprint density at radius 1 is 1.09 bits per heavy atom. The summed E-state index contributed by atoms with van der Waals surface area (Å²) in [5.74, 6) is 0.402. The fraction of sp³-hybridized carbons (Fsp3) is 0.417. The summed E-state index contributed by atoms with van der Waals surface area (Å²) < 4.78 is 0. The molecule has 177 valence electrons. The molecule has 1 fully saturated rings. The maximum atomic E-state index is 9.68. The summed E-state index contributed by atoms with van der Waals surface area (Å²) in [6.07, 6.45) is 1.02. The van der Waals surface area contributed by atoms with E-state index in [4.69, 9.17) is 16.5 Å². The number of nitrogens with zero attached hydrogens (tertiary/aromatic N) is 3. The zero-order valence-electron chi connectivity index (χ0n) is 18.8.